The number of methoxy groups -OCH3 is 1. The molecule has 1 atom stereocenters. The predicted molar refractivity (Wildman–Crippen MR) is 83.8 cm³/mol. The van der Waals surface area contributed by atoms with E-state index < -0.39 is 0 Å². The van der Waals surface area contributed by atoms with Crippen LogP contribution in [-0.2, 0) is 0 Å². The average molecular weight is 283 g/mol. The third kappa shape index (κ3) is 2.71. The zero-order valence-electron chi connectivity index (χ0n) is 12.8. The molecule has 0 radical (unpaired) electrons. The van der Waals surface area contributed by atoms with E-state index in [0.717, 1.165) is 30.4 Å². The van der Waals surface area contributed by atoms with Crippen LogP contribution >= 0.6 is 0 Å². The summed E-state index contributed by atoms with van der Waals surface area (Å²) < 4.78 is 5.24. The van der Waals surface area contributed by atoms with E-state index in [1.807, 2.05) is 6.92 Å². The van der Waals surface area contributed by atoms with Crippen molar-refractivity contribution < 1.29 is 4.74 Å². The van der Waals surface area contributed by atoms with E-state index in [1.165, 1.54) is 17.5 Å². The van der Waals surface area contributed by atoms with E-state index in [4.69, 9.17) is 4.74 Å². The average Bonchev–Trinajstić information content (AvgIpc) is 2.97. The van der Waals surface area contributed by atoms with E-state index in [9.17, 15) is 0 Å². The molecule has 2 heterocycles. The summed E-state index contributed by atoms with van der Waals surface area (Å²) in [5, 5.41) is 0. The molecule has 0 bridgehead atoms. The van der Waals surface area contributed by atoms with Crippen LogP contribution in [0.15, 0.2) is 30.5 Å². The van der Waals surface area contributed by atoms with Crippen LogP contribution < -0.4 is 9.64 Å². The highest BCUT2D eigenvalue weighted by atomic mass is 16.5. The van der Waals surface area contributed by atoms with Gasteiger partial charge in [0.15, 0.2) is 5.75 Å². The first kappa shape index (κ1) is 13.9. The molecular weight excluding hydrogens is 262 g/mol. The summed E-state index contributed by atoms with van der Waals surface area (Å²) in [5.74, 6) is 1.54. The smallest absolute Gasteiger partial charge is 0.226 e. The van der Waals surface area contributed by atoms with Crippen LogP contribution in [0.3, 0.4) is 0 Å². The van der Waals surface area contributed by atoms with Crippen LogP contribution in [0.2, 0.25) is 0 Å². The molecule has 3 rings (SSSR count). The molecule has 0 amide bonds. The van der Waals surface area contributed by atoms with Gasteiger partial charge in [-0.25, -0.2) is 9.97 Å². The van der Waals surface area contributed by atoms with Gasteiger partial charge in [-0.15, -0.1) is 0 Å². The molecule has 1 aliphatic heterocycles. The second-order valence-electron chi connectivity index (χ2n) is 5.59. The molecule has 1 aromatic heterocycles. The summed E-state index contributed by atoms with van der Waals surface area (Å²) in [4.78, 5) is 11.4. The van der Waals surface area contributed by atoms with Crippen molar-refractivity contribution in [1.29, 1.82) is 0 Å². The third-order valence-corrected chi connectivity index (χ3v) is 4.11. The minimum absolute atomic E-state index is 0.374. The summed E-state index contributed by atoms with van der Waals surface area (Å²) >= 11 is 0. The highest BCUT2D eigenvalue weighted by Crippen LogP contribution is 2.35. The maximum absolute atomic E-state index is 5.24. The van der Waals surface area contributed by atoms with Gasteiger partial charge < -0.3 is 9.64 Å². The van der Waals surface area contributed by atoms with Gasteiger partial charge in [-0.3, -0.25) is 0 Å². The first-order valence-corrected chi connectivity index (χ1v) is 7.40. The van der Waals surface area contributed by atoms with Gasteiger partial charge >= 0.3 is 0 Å². The molecule has 4 nitrogen and oxygen atoms in total. The molecule has 1 aliphatic rings. The number of anilines is 1. The Labute approximate surface area is 125 Å². The molecule has 1 fully saturated rings. The third-order valence-electron chi connectivity index (χ3n) is 4.11. The van der Waals surface area contributed by atoms with Crippen LogP contribution in [0.4, 0.5) is 5.95 Å². The molecule has 1 saturated heterocycles. The Kier molecular flexibility index (Phi) is 3.78. The van der Waals surface area contributed by atoms with Gasteiger partial charge in [0.25, 0.3) is 0 Å². The van der Waals surface area contributed by atoms with E-state index in [2.05, 4.69) is 46.1 Å². The normalized spacial score (nSPS) is 18.0. The second kappa shape index (κ2) is 5.72. The number of hydrogen-bond donors (Lipinski definition) is 0. The van der Waals surface area contributed by atoms with Crippen LogP contribution in [-0.4, -0.2) is 23.6 Å². The standard InChI is InChI=1S/C17H21N3O/c1-12-6-8-14(9-7-12)15-5-4-10-20(15)17-18-11-16(21-3)13(2)19-17/h6-9,11,15H,4-5,10H2,1-3H3/t15-/m0/s1. The molecule has 0 unspecified atom stereocenters. The fourth-order valence-electron chi connectivity index (χ4n) is 2.92. The van der Waals surface area contributed by atoms with E-state index in [0.29, 0.717) is 6.04 Å². The Morgan fingerprint density at radius 2 is 1.95 bits per heavy atom. The van der Waals surface area contributed by atoms with E-state index in [-0.39, 0.29) is 0 Å². The summed E-state index contributed by atoms with van der Waals surface area (Å²) in [6.45, 7) is 5.08. The number of nitrogens with zero attached hydrogens (tertiary/aromatic N) is 3. The van der Waals surface area contributed by atoms with Gasteiger partial charge in [0.05, 0.1) is 25.0 Å². The first-order chi connectivity index (χ1) is 10.2. The van der Waals surface area contributed by atoms with Crippen molar-refractivity contribution in [2.75, 3.05) is 18.6 Å². The topological polar surface area (TPSA) is 38.2 Å². The molecule has 4 heteroatoms. The lowest BCUT2D eigenvalue weighted by Crippen LogP contribution is -2.24. The van der Waals surface area contributed by atoms with Crippen molar-refractivity contribution in [3.05, 3.63) is 47.3 Å². The quantitative estimate of drug-likeness (QED) is 0.865. The Morgan fingerprint density at radius 3 is 2.62 bits per heavy atom. The summed E-state index contributed by atoms with van der Waals surface area (Å²) in [7, 11) is 1.65. The highest BCUT2D eigenvalue weighted by molar-refractivity contribution is 5.41. The largest absolute Gasteiger partial charge is 0.493 e. The molecule has 2 aromatic rings. The highest BCUT2D eigenvalue weighted by Gasteiger charge is 2.28. The van der Waals surface area contributed by atoms with Crippen LogP contribution in [0.1, 0.15) is 35.7 Å². The van der Waals surface area contributed by atoms with Gasteiger partial charge in [-0.1, -0.05) is 29.8 Å². The van der Waals surface area contributed by atoms with Crippen molar-refractivity contribution >= 4 is 5.95 Å². The van der Waals surface area contributed by atoms with Crippen molar-refractivity contribution in [2.45, 2.75) is 32.7 Å². The molecule has 0 aliphatic carbocycles. The van der Waals surface area contributed by atoms with Crippen molar-refractivity contribution in [3.8, 4) is 5.75 Å². The second-order valence-corrected chi connectivity index (χ2v) is 5.59. The summed E-state index contributed by atoms with van der Waals surface area (Å²) in [5.41, 5.74) is 3.52. The molecule has 110 valence electrons. The number of aromatic nitrogens is 2. The fourth-order valence-corrected chi connectivity index (χ4v) is 2.92. The monoisotopic (exact) mass is 283 g/mol. The van der Waals surface area contributed by atoms with Gasteiger partial charge in [-0.05, 0) is 32.3 Å². The number of ether oxygens (including phenoxy) is 1. The first-order valence-electron chi connectivity index (χ1n) is 7.40. The minimum atomic E-state index is 0.374. The number of benzene rings is 1. The summed E-state index contributed by atoms with van der Waals surface area (Å²) in [6.07, 6.45) is 4.09. The fraction of sp³-hybridized carbons (Fsp3) is 0.412. The molecular formula is C17H21N3O. The SMILES string of the molecule is COc1cnc(N2CCC[C@H]2c2ccc(C)cc2)nc1C. The molecule has 0 saturated carbocycles. The maximum Gasteiger partial charge on any atom is 0.226 e. The summed E-state index contributed by atoms with van der Waals surface area (Å²) in [6, 6.07) is 9.15. The van der Waals surface area contributed by atoms with Gasteiger partial charge in [0.2, 0.25) is 5.95 Å². The Balaban J connectivity index is 1.90. The lowest BCUT2D eigenvalue weighted by atomic mass is 10.0. The molecule has 1 aromatic carbocycles. The zero-order chi connectivity index (χ0) is 14.8. The van der Waals surface area contributed by atoms with Crippen LogP contribution in [0, 0.1) is 13.8 Å². The Bertz CT molecular complexity index is 624. The van der Waals surface area contributed by atoms with E-state index >= 15 is 0 Å². The molecule has 21 heavy (non-hydrogen) atoms. The Hall–Kier alpha value is -2.10. The van der Waals surface area contributed by atoms with E-state index in [1.54, 1.807) is 13.3 Å². The molecule has 0 spiro atoms. The van der Waals surface area contributed by atoms with Crippen molar-refractivity contribution in [3.63, 3.8) is 0 Å². The number of aryl methyl sites for hydroxylation is 2. The lowest BCUT2D eigenvalue weighted by molar-refractivity contribution is 0.406. The van der Waals surface area contributed by atoms with Crippen molar-refractivity contribution in [1.82, 2.24) is 9.97 Å². The Morgan fingerprint density at radius 1 is 1.19 bits per heavy atom. The number of hydrogen-bond acceptors (Lipinski definition) is 4. The predicted octanol–water partition coefficient (Wildman–Crippen LogP) is 3.44. The van der Waals surface area contributed by atoms with Gasteiger partial charge in [0, 0.05) is 6.54 Å². The number of rotatable bonds is 3. The van der Waals surface area contributed by atoms with Gasteiger partial charge in [-0.2, -0.15) is 0 Å². The zero-order valence-corrected chi connectivity index (χ0v) is 12.8. The minimum Gasteiger partial charge on any atom is -0.493 e. The van der Waals surface area contributed by atoms with Crippen LogP contribution in [0.5, 0.6) is 5.75 Å². The lowest BCUT2D eigenvalue weighted by Gasteiger charge is -2.25. The van der Waals surface area contributed by atoms with Crippen molar-refractivity contribution in [2.24, 2.45) is 0 Å². The van der Waals surface area contributed by atoms with Gasteiger partial charge in [0.1, 0.15) is 0 Å². The van der Waals surface area contributed by atoms with Crippen LogP contribution in [0.25, 0.3) is 0 Å². The maximum atomic E-state index is 5.24. The molecule has 0 N–H and O–H groups in total.